The van der Waals surface area contributed by atoms with Crippen LogP contribution in [0.4, 0.5) is 13.2 Å². The van der Waals surface area contributed by atoms with Crippen molar-refractivity contribution >= 4 is 5.91 Å². The normalized spacial score (nSPS) is 18.2. The van der Waals surface area contributed by atoms with Crippen molar-refractivity contribution in [3.05, 3.63) is 47.8 Å². The van der Waals surface area contributed by atoms with Gasteiger partial charge in [-0.1, -0.05) is 19.6 Å². The van der Waals surface area contributed by atoms with Gasteiger partial charge in [0.15, 0.2) is 5.69 Å². The van der Waals surface area contributed by atoms with Crippen molar-refractivity contribution in [2.24, 2.45) is 0 Å². The van der Waals surface area contributed by atoms with Crippen molar-refractivity contribution in [2.75, 3.05) is 26.2 Å². The molecular weight excluding hydrogens is 371 g/mol. The Morgan fingerprint density at radius 3 is 2.64 bits per heavy atom. The predicted molar refractivity (Wildman–Crippen MR) is 101 cm³/mol. The molecule has 0 aromatic carbocycles. The molecule has 1 aromatic heterocycles. The lowest BCUT2D eigenvalue weighted by Gasteiger charge is -2.43. The molecule has 0 radical (unpaired) electrons. The van der Waals surface area contributed by atoms with Gasteiger partial charge in [-0.2, -0.15) is 13.2 Å². The van der Waals surface area contributed by atoms with Crippen LogP contribution >= 0.6 is 0 Å². The third-order valence-electron chi connectivity index (χ3n) is 4.71. The second-order valence-electron chi connectivity index (χ2n) is 6.53. The highest BCUT2D eigenvalue weighted by Gasteiger charge is 2.40. The number of aromatic nitrogens is 1. The molecule has 0 N–H and O–H groups in total. The van der Waals surface area contributed by atoms with Gasteiger partial charge >= 0.3 is 6.18 Å². The van der Waals surface area contributed by atoms with Crippen LogP contribution in [0.5, 0.6) is 5.88 Å². The van der Waals surface area contributed by atoms with Gasteiger partial charge in [0.05, 0.1) is 12.2 Å². The van der Waals surface area contributed by atoms with E-state index in [9.17, 15) is 18.0 Å². The maximum atomic E-state index is 13.5. The number of alkyl halides is 3. The Hall–Kier alpha value is -2.51. The van der Waals surface area contributed by atoms with Crippen molar-refractivity contribution in [3.63, 3.8) is 0 Å². The predicted octanol–water partition coefficient (Wildman–Crippen LogP) is 4.13. The van der Waals surface area contributed by atoms with Gasteiger partial charge in [0.2, 0.25) is 5.88 Å². The first-order valence-corrected chi connectivity index (χ1v) is 9.29. The summed E-state index contributed by atoms with van der Waals surface area (Å²) in [6.07, 6.45) is -0.397. The van der Waals surface area contributed by atoms with Crippen LogP contribution in [-0.4, -0.2) is 53.0 Å². The van der Waals surface area contributed by atoms with E-state index in [4.69, 9.17) is 4.74 Å². The summed E-state index contributed by atoms with van der Waals surface area (Å²) in [6, 6.07) is 2.48. The molecule has 0 spiro atoms. The molecule has 1 aliphatic rings. The topological polar surface area (TPSA) is 45.7 Å². The number of ether oxygens (including phenoxy) is 1. The minimum Gasteiger partial charge on any atom is -0.478 e. The van der Waals surface area contributed by atoms with Gasteiger partial charge in [-0.25, -0.2) is 4.98 Å². The summed E-state index contributed by atoms with van der Waals surface area (Å²) in [4.78, 5) is 20.1. The molecule has 2 rings (SSSR count). The van der Waals surface area contributed by atoms with Crippen LogP contribution in [-0.2, 0) is 6.18 Å². The van der Waals surface area contributed by atoms with Crippen molar-refractivity contribution in [2.45, 2.75) is 39.4 Å². The number of amides is 1. The summed E-state index contributed by atoms with van der Waals surface area (Å²) in [7, 11) is 0. The van der Waals surface area contributed by atoms with Crippen LogP contribution in [0.2, 0.25) is 0 Å². The highest BCUT2D eigenvalue weighted by Crippen LogP contribution is 2.33. The third-order valence-corrected chi connectivity index (χ3v) is 4.71. The fraction of sp³-hybridized carbons (Fsp3) is 0.500. The second-order valence-corrected chi connectivity index (χ2v) is 6.53. The van der Waals surface area contributed by atoms with Crippen LogP contribution in [0.3, 0.4) is 0 Å². The van der Waals surface area contributed by atoms with Crippen molar-refractivity contribution < 1.29 is 22.7 Å². The number of carbonyl (C=O) groups excluding carboxylic acids is 1. The molecule has 0 unspecified atom stereocenters. The molecule has 1 saturated heterocycles. The van der Waals surface area contributed by atoms with Crippen LogP contribution in [0, 0.1) is 0 Å². The van der Waals surface area contributed by atoms with E-state index in [1.165, 1.54) is 11.0 Å². The van der Waals surface area contributed by atoms with Crippen LogP contribution in [0.25, 0.3) is 0 Å². The molecule has 1 atom stereocenters. The lowest BCUT2D eigenvalue weighted by molar-refractivity contribution is -0.141. The number of hydrogen-bond donors (Lipinski definition) is 0. The number of nitrogens with zero attached hydrogens (tertiary/aromatic N) is 3. The van der Waals surface area contributed by atoms with E-state index in [0.717, 1.165) is 18.2 Å². The zero-order chi connectivity index (χ0) is 20.9. The van der Waals surface area contributed by atoms with Gasteiger partial charge < -0.3 is 14.5 Å². The summed E-state index contributed by atoms with van der Waals surface area (Å²) in [5.74, 6) is -0.806. The van der Waals surface area contributed by atoms with Gasteiger partial charge in [-0.05, 0) is 32.4 Å². The summed E-state index contributed by atoms with van der Waals surface area (Å²) in [5.41, 5.74) is -0.632. The van der Waals surface area contributed by atoms with E-state index >= 15 is 0 Å². The summed E-state index contributed by atoms with van der Waals surface area (Å²) >= 11 is 0. The summed E-state index contributed by atoms with van der Waals surface area (Å²) in [6.45, 7) is 10.7. The number of piperazine rings is 1. The number of pyridine rings is 1. The van der Waals surface area contributed by atoms with E-state index < -0.39 is 23.3 Å². The summed E-state index contributed by atoms with van der Waals surface area (Å²) in [5, 5.41) is 0. The monoisotopic (exact) mass is 397 g/mol. The summed E-state index contributed by atoms with van der Waals surface area (Å²) < 4.78 is 45.5. The molecule has 1 amide bonds. The van der Waals surface area contributed by atoms with Crippen LogP contribution in [0.15, 0.2) is 36.6 Å². The molecule has 0 aliphatic carbocycles. The van der Waals surface area contributed by atoms with E-state index in [1.807, 2.05) is 19.9 Å². The molecule has 2 heterocycles. The van der Waals surface area contributed by atoms with E-state index in [0.29, 0.717) is 19.6 Å². The first-order valence-electron chi connectivity index (χ1n) is 9.29. The largest absolute Gasteiger partial charge is 0.478 e. The number of carbonyl (C=O) groups is 1. The first-order chi connectivity index (χ1) is 13.2. The Kier molecular flexibility index (Phi) is 7.10. The Labute approximate surface area is 163 Å². The number of rotatable bonds is 6. The molecule has 1 fully saturated rings. The van der Waals surface area contributed by atoms with Crippen LogP contribution in [0.1, 0.15) is 43.2 Å². The lowest BCUT2D eigenvalue weighted by Crippen LogP contribution is -2.54. The van der Waals surface area contributed by atoms with Crippen molar-refractivity contribution in [1.29, 1.82) is 0 Å². The molecule has 28 heavy (non-hydrogen) atoms. The maximum absolute atomic E-state index is 13.5. The fourth-order valence-electron chi connectivity index (χ4n) is 3.35. The Morgan fingerprint density at radius 1 is 1.36 bits per heavy atom. The molecule has 154 valence electrons. The minimum atomic E-state index is -4.74. The Morgan fingerprint density at radius 2 is 2.07 bits per heavy atom. The van der Waals surface area contributed by atoms with Crippen molar-refractivity contribution in [1.82, 2.24) is 14.8 Å². The number of halogens is 3. The van der Waals surface area contributed by atoms with E-state index in [1.54, 1.807) is 13.0 Å². The SMILES string of the molecule is C=C/C=C(\C)N1CCN(C(=O)c2ccc(OCC)nc2C(F)(F)F)C[C@H]1CC. The quantitative estimate of drug-likeness (QED) is 0.678. The zero-order valence-electron chi connectivity index (χ0n) is 16.4. The van der Waals surface area contributed by atoms with E-state index in [2.05, 4.69) is 16.5 Å². The molecule has 1 aliphatic heterocycles. The van der Waals surface area contributed by atoms with Gasteiger partial charge in [0.1, 0.15) is 0 Å². The van der Waals surface area contributed by atoms with Crippen molar-refractivity contribution in [3.8, 4) is 5.88 Å². The standard InChI is InChI=1S/C20H26F3N3O2/c1-5-8-14(4)26-12-11-25(13-15(26)6-2)19(27)16-9-10-17(28-7-3)24-18(16)20(21,22)23/h5,8-10,15H,1,6-7,11-13H2,2-4H3/b14-8+/t15-/m1/s1. The number of allylic oxidation sites excluding steroid dienone is 3. The van der Waals surface area contributed by atoms with Gasteiger partial charge in [-0.15, -0.1) is 0 Å². The van der Waals surface area contributed by atoms with Crippen LogP contribution < -0.4 is 4.74 Å². The third kappa shape index (κ3) is 4.85. The van der Waals surface area contributed by atoms with Gasteiger partial charge in [-0.3, -0.25) is 4.79 Å². The maximum Gasteiger partial charge on any atom is 0.434 e. The smallest absolute Gasteiger partial charge is 0.434 e. The Bertz CT molecular complexity index is 747. The molecule has 8 heteroatoms. The average molecular weight is 397 g/mol. The number of hydrogen-bond acceptors (Lipinski definition) is 4. The van der Waals surface area contributed by atoms with Gasteiger partial charge in [0, 0.05) is 37.4 Å². The molecular formula is C20H26F3N3O2. The Balaban J connectivity index is 2.29. The molecule has 5 nitrogen and oxygen atoms in total. The lowest BCUT2D eigenvalue weighted by atomic mass is 10.1. The zero-order valence-corrected chi connectivity index (χ0v) is 16.4. The molecule has 0 bridgehead atoms. The molecule has 0 saturated carbocycles. The minimum absolute atomic E-state index is 0.0268. The van der Waals surface area contributed by atoms with Gasteiger partial charge in [0.25, 0.3) is 5.91 Å². The molecule has 1 aromatic rings. The fourth-order valence-corrected chi connectivity index (χ4v) is 3.35. The van der Waals surface area contributed by atoms with E-state index in [-0.39, 0.29) is 18.5 Å². The second kappa shape index (κ2) is 9.12. The highest BCUT2D eigenvalue weighted by molar-refractivity contribution is 5.95. The highest BCUT2D eigenvalue weighted by atomic mass is 19.4. The first kappa shape index (κ1) is 21.8. The average Bonchev–Trinajstić information content (AvgIpc) is 2.66.